The number of benzene rings is 2. The summed E-state index contributed by atoms with van der Waals surface area (Å²) in [5, 5.41) is 0. The van der Waals surface area contributed by atoms with Crippen LogP contribution >= 0.6 is 24.8 Å². The van der Waals surface area contributed by atoms with Gasteiger partial charge in [-0.1, -0.05) is 0 Å². The molecule has 27 heavy (non-hydrogen) atoms. The van der Waals surface area contributed by atoms with Crippen LogP contribution in [0.3, 0.4) is 0 Å². The Labute approximate surface area is 188 Å². The molecular weight excluding hydrogens is 413 g/mol. The monoisotopic (exact) mass is 442 g/mol. The molecule has 0 atom stereocenters. The van der Waals surface area contributed by atoms with Crippen LogP contribution in [0.15, 0.2) is 47.5 Å². The van der Waals surface area contributed by atoms with Gasteiger partial charge >= 0.3 is 165 Å². The molecule has 0 amide bonds. The molecule has 0 fully saturated rings. The molecule has 0 bridgehead atoms. The zero-order valence-corrected chi connectivity index (χ0v) is 20.4. The average molecular weight is 443 g/mol. The Morgan fingerprint density at radius 1 is 0.889 bits per heavy atom. The third kappa shape index (κ3) is 6.64. The molecule has 147 valence electrons. The van der Waals surface area contributed by atoms with Gasteiger partial charge in [0.2, 0.25) is 0 Å². The molecule has 0 N–H and O–H groups in total. The van der Waals surface area contributed by atoms with E-state index in [1.807, 2.05) is 30.3 Å². The minimum atomic E-state index is -0.00558. The molecule has 0 heterocycles. The Balaban J connectivity index is 0.00000338. The maximum atomic E-state index is 5.85. The van der Waals surface area contributed by atoms with E-state index in [2.05, 4.69) is 60.6 Å². The fourth-order valence-electron chi connectivity index (χ4n) is 2.75. The predicted octanol–water partition coefficient (Wildman–Crippen LogP) is 7.11. The van der Waals surface area contributed by atoms with Crippen LogP contribution in [0.5, 0.6) is 5.75 Å². The number of hydrogen-bond acceptors (Lipinski definition) is 2. The van der Waals surface area contributed by atoms with Crippen LogP contribution in [0.4, 0.5) is 5.69 Å². The van der Waals surface area contributed by atoms with Gasteiger partial charge in [0.1, 0.15) is 0 Å². The molecule has 0 aliphatic heterocycles. The number of aliphatic imine (C=N–C) groups is 1. The topological polar surface area (TPSA) is 21.6 Å². The first kappa shape index (κ1) is 26.2. The van der Waals surface area contributed by atoms with Crippen molar-refractivity contribution in [1.29, 1.82) is 0 Å². The van der Waals surface area contributed by atoms with E-state index in [9.17, 15) is 0 Å². The number of rotatable bonds is 3. The summed E-state index contributed by atoms with van der Waals surface area (Å²) in [6.07, 6.45) is 0. The third-order valence-corrected chi connectivity index (χ3v) is 4.63. The van der Waals surface area contributed by atoms with Crippen LogP contribution in [0.25, 0.3) is 0 Å². The molecule has 0 radical (unpaired) electrons. The molecule has 2 nitrogen and oxygen atoms in total. The SMILES string of the molecule is CC(=Nc1ccccc1)c1cc(C(C)(C)C)cc(C(C)(C)C)c1[O][Ti].Cl.Cl. The maximum absolute atomic E-state index is 5.85. The van der Waals surface area contributed by atoms with Crippen molar-refractivity contribution in [3.63, 3.8) is 0 Å². The van der Waals surface area contributed by atoms with Crippen LogP contribution in [-0.2, 0) is 31.7 Å². The summed E-state index contributed by atoms with van der Waals surface area (Å²) in [6.45, 7) is 15.5. The van der Waals surface area contributed by atoms with Crippen molar-refractivity contribution in [2.24, 2.45) is 4.99 Å². The molecule has 0 unspecified atom stereocenters. The van der Waals surface area contributed by atoms with Gasteiger partial charge in [-0.2, -0.15) is 0 Å². The Kier molecular flexibility index (Phi) is 9.82. The number of nitrogens with zero attached hydrogens (tertiary/aromatic N) is 1. The van der Waals surface area contributed by atoms with E-state index < -0.39 is 0 Å². The van der Waals surface area contributed by atoms with E-state index in [0.29, 0.717) is 0 Å². The van der Waals surface area contributed by atoms with E-state index in [0.717, 1.165) is 22.7 Å². The third-order valence-electron chi connectivity index (χ3n) is 4.31. The van der Waals surface area contributed by atoms with Gasteiger partial charge in [0.05, 0.1) is 0 Å². The predicted molar refractivity (Wildman–Crippen MR) is 117 cm³/mol. The summed E-state index contributed by atoms with van der Waals surface area (Å²) >= 11 is 1.75. The van der Waals surface area contributed by atoms with Crippen LogP contribution in [-0.4, -0.2) is 5.71 Å². The number of para-hydroxylation sites is 1. The van der Waals surface area contributed by atoms with Gasteiger partial charge in [0.25, 0.3) is 0 Å². The molecule has 0 saturated carbocycles. The fraction of sp³-hybridized carbons (Fsp3) is 0.409. The molecule has 0 aliphatic rings. The normalized spacial score (nSPS) is 12.0. The minimum absolute atomic E-state index is 0. The molecule has 0 spiro atoms. The van der Waals surface area contributed by atoms with E-state index in [1.165, 1.54) is 11.1 Å². The van der Waals surface area contributed by atoms with Crippen LogP contribution in [0.2, 0.25) is 0 Å². The number of hydrogen-bond donors (Lipinski definition) is 0. The van der Waals surface area contributed by atoms with Gasteiger partial charge in [0.15, 0.2) is 0 Å². The second-order valence-corrected chi connectivity index (χ2v) is 8.85. The molecule has 2 aromatic carbocycles. The standard InChI is InChI=1S/C22H29NO.2ClH.Ti/c1-15(23-17-11-9-8-10-12-17)18-13-16(21(2,3)4)14-19(20(18)24)22(5,6)7;;;/h8-14,24H,1-7H3;2*1H;/q;;;+1/p-1. The van der Waals surface area contributed by atoms with Crippen molar-refractivity contribution >= 4 is 36.2 Å². The van der Waals surface area contributed by atoms with Gasteiger partial charge in [-0.05, 0) is 0 Å². The van der Waals surface area contributed by atoms with Crippen molar-refractivity contribution in [1.82, 2.24) is 0 Å². The Morgan fingerprint density at radius 2 is 1.44 bits per heavy atom. The number of halogens is 2. The van der Waals surface area contributed by atoms with Crippen molar-refractivity contribution in [3.8, 4) is 5.75 Å². The minimum Gasteiger partial charge on any atom is -0.147 e. The van der Waals surface area contributed by atoms with Crippen LogP contribution < -0.4 is 3.32 Å². The van der Waals surface area contributed by atoms with Crippen LogP contribution in [0.1, 0.15) is 65.2 Å². The zero-order valence-electron chi connectivity index (χ0n) is 17.2. The first-order valence-electron chi connectivity index (χ1n) is 8.67. The fourth-order valence-corrected chi connectivity index (χ4v) is 3.10. The summed E-state index contributed by atoms with van der Waals surface area (Å²) in [5.74, 6) is 0.928. The molecular formula is C22H30Cl2NOTi. The molecule has 0 saturated heterocycles. The second-order valence-electron chi connectivity index (χ2n) is 8.54. The largest absolute Gasteiger partial charge is 0.147 e. The van der Waals surface area contributed by atoms with Crippen molar-refractivity contribution in [3.05, 3.63) is 59.2 Å². The summed E-state index contributed by atoms with van der Waals surface area (Å²) in [5.41, 5.74) is 5.59. The van der Waals surface area contributed by atoms with Gasteiger partial charge in [-0.25, -0.2) is 0 Å². The first-order chi connectivity index (χ1) is 11.5. The quantitative estimate of drug-likeness (QED) is 0.366. The summed E-state index contributed by atoms with van der Waals surface area (Å²) < 4.78 is 5.85. The van der Waals surface area contributed by atoms with Crippen molar-refractivity contribution in [2.75, 3.05) is 0 Å². The van der Waals surface area contributed by atoms with E-state index in [1.54, 1.807) is 20.8 Å². The first-order valence-corrected chi connectivity index (χ1v) is 9.31. The van der Waals surface area contributed by atoms with Gasteiger partial charge in [0, 0.05) is 0 Å². The smallest absolute Gasteiger partial charge is 0.147 e. The second kappa shape index (κ2) is 10.1. The molecule has 5 heteroatoms. The molecule has 0 aliphatic carbocycles. The summed E-state index contributed by atoms with van der Waals surface area (Å²) in [4.78, 5) is 4.82. The van der Waals surface area contributed by atoms with Gasteiger partial charge in [-0.15, -0.1) is 24.8 Å². The Hall–Kier alpha value is -0.796. The van der Waals surface area contributed by atoms with E-state index >= 15 is 0 Å². The Morgan fingerprint density at radius 3 is 1.89 bits per heavy atom. The summed E-state index contributed by atoms with van der Waals surface area (Å²) in [6, 6.07) is 14.6. The van der Waals surface area contributed by atoms with Crippen molar-refractivity contribution in [2.45, 2.75) is 59.3 Å². The zero-order chi connectivity index (χ0) is 18.8. The molecule has 2 rings (SSSR count). The van der Waals surface area contributed by atoms with Gasteiger partial charge in [-0.3, -0.25) is 0 Å². The van der Waals surface area contributed by atoms with Crippen LogP contribution in [0, 0.1) is 0 Å². The maximum Gasteiger partial charge on any atom is -0.147 e. The van der Waals surface area contributed by atoms with E-state index in [4.69, 9.17) is 8.31 Å². The molecule has 2 aromatic rings. The van der Waals surface area contributed by atoms with Crippen molar-refractivity contribution < 1.29 is 24.1 Å². The van der Waals surface area contributed by atoms with E-state index in [-0.39, 0.29) is 35.6 Å². The van der Waals surface area contributed by atoms with Gasteiger partial charge < -0.3 is 0 Å². The average Bonchev–Trinajstić information content (AvgIpc) is 2.52. The molecule has 0 aromatic heterocycles. The Bertz CT molecular complexity index is 775. The summed E-state index contributed by atoms with van der Waals surface area (Å²) in [7, 11) is 0.